The molecule has 0 aliphatic heterocycles. The highest BCUT2D eigenvalue weighted by Gasteiger charge is 2.57. The molecule has 6 heteroatoms. The minimum Gasteiger partial charge on any atom is -0.491 e. The molecule has 15 heavy (non-hydrogen) atoms. The lowest BCUT2D eigenvalue weighted by Crippen LogP contribution is -2.06. The predicted molar refractivity (Wildman–Crippen MR) is 47.8 cm³/mol. The van der Waals surface area contributed by atoms with Crippen LogP contribution in [-0.4, -0.2) is 17.5 Å². The van der Waals surface area contributed by atoms with Gasteiger partial charge in [-0.2, -0.15) is 0 Å². The van der Waals surface area contributed by atoms with E-state index in [2.05, 4.69) is 4.98 Å². The zero-order valence-corrected chi connectivity index (χ0v) is 8.27. The van der Waals surface area contributed by atoms with E-state index in [-0.39, 0.29) is 23.9 Å². The van der Waals surface area contributed by atoms with E-state index in [9.17, 15) is 13.2 Å². The van der Waals surface area contributed by atoms with Gasteiger partial charge in [0.1, 0.15) is 5.75 Å². The largest absolute Gasteiger partial charge is 0.491 e. The molecule has 82 valence electrons. The molecule has 0 amide bonds. The van der Waals surface area contributed by atoms with Gasteiger partial charge in [0.05, 0.1) is 18.7 Å². The third kappa shape index (κ3) is 2.34. The Hall–Kier alpha value is -0.970. The molecule has 1 aliphatic carbocycles. The fourth-order valence-corrected chi connectivity index (χ4v) is 1.23. The number of pyridine rings is 1. The summed E-state index contributed by atoms with van der Waals surface area (Å²) in [7, 11) is 0. The van der Waals surface area contributed by atoms with Crippen molar-refractivity contribution in [3.05, 3.63) is 23.2 Å². The lowest BCUT2D eigenvalue weighted by Gasteiger charge is -2.05. The molecule has 1 atom stereocenters. The number of halogens is 4. The van der Waals surface area contributed by atoms with Crippen molar-refractivity contribution in [3.8, 4) is 5.75 Å². The van der Waals surface area contributed by atoms with Gasteiger partial charge >= 0.3 is 0 Å². The maximum atomic E-state index is 12.8. The second-order valence-corrected chi connectivity index (χ2v) is 3.77. The normalized spacial score (nSPS) is 22.5. The van der Waals surface area contributed by atoms with Crippen molar-refractivity contribution in [1.29, 1.82) is 0 Å². The Labute approximate surface area is 89.0 Å². The minimum absolute atomic E-state index is 0.111. The second-order valence-electron chi connectivity index (χ2n) is 3.42. The molecule has 1 fully saturated rings. The number of aromatic nitrogens is 1. The zero-order chi connectivity index (χ0) is 11.1. The molecule has 0 aromatic carbocycles. The van der Waals surface area contributed by atoms with Crippen molar-refractivity contribution in [1.82, 2.24) is 4.98 Å². The van der Waals surface area contributed by atoms with Crippen LogP contribution in [0.5, 0.6) is 5.75 Å². The molecule has 0 saturated heterocycles. The van der Waals surface area contributed by atoms with Gasteiger partial charge in [-0.25, -0.2) is 18.2 Å². The molecule has 0 spiro atoms. The molecule has 1 aromatic rings. The maximum Gasteiger partial charge on any atom is 0.255 e. The van der Waals surface area contributed by atoms with Crippen molar-refractivity contribution in [3.63, 3.8) is 0 Å². The van der Waals surface area contributed by atoms with Crippen LogP contribution in [0, 0.1) is 11.7 Å². The molecule has 0 unspecified atom stereocenters. The fraction of sp³-hybridized carbons (Fsp3) is 0.444. The van der Waals surface area contributed by atoms with Gasteiger partial charge in [-0.05, 0) is 0 Å². The summed E-state index contributed by atoms with van der Waals surface area (Å²) < 4.78 is 42.7. The highest BCUT2D eigenvalue weighted by molar-refractivity contribution is 6.29. The summed E-state index contributed by atoms with van der Waals surface area (Å²) in [6.07, 6.45) is 1.03. The predicted octanol–water partition coefficient (Wildman–Crippen LogP) is 2.91. The number of hydrogen-bond donors (Lipinski definition) is 0. The Morgan fingerprint density at radius 1 is 1.60 bits per heavy atom. The van der Waals surface area contributed by atoms with Crippen molar-refractivity contribution < 1.29 is 17.9 Å². The number of nitrogens with zero attached hydrogens (tertiary/aromatic N) is 1. The molecule has 0 bridgehead atoms. The Kier molecular flexibility index (Phi) is 2.50. The van der Waals surface area contributed by atoms with Gasteiger partial charge < -0.3 is 4.74 Å². The molecule has 2 rings (SSSR count). The maximum absolute atomic E-state index is 12.8. The summed E-state index contributed by atoms with van der Waals surface area (Å²) in [6.45, 7) is -0.129. The van der Waals surface area contributed by atoms with Crippen molar-refractivity contribution in [2.24, 2.45) is 5.92 Å². The molecule has 1 aliphatic rings. The van der Waals surface area contributed by atoms with E-state index in [1.54, 1.807) is 0 Å². The van der Waals surface area contributed by atoms with Gasteiger partial charge in [0.15, 0.2) is 11.0 Å². The fourth-order valence-electron chi connectivity index (χ4n) is 1.13. The van der Waals surface area contributed by atoms with Crippen molar-refractivity contribution in [2.45, 2.75) is 12.3 Å². The summed E-state index contributed by atoms with van der Waals surface area (Å²) in [5, 5.41) is -0.265. The quantitative estimate of drug-likeness (QED) is 0.754. The number of ether oxygens (including phenoxy) is 1. The Balaban J connectivity index is 1.92. The topological polar surface area (TPSA) is 22.1 Å². The number of hydrogen-bond acceptors (Lipinski definition) is 2. The van der Waals surface area contributed by atoms with Crippen LogP contribution in [0.15, 0.2) is 12.3 Å². The van der Waals surface area contributed by atoms with Gasteiger partial charge in [0, 0.05) is 12.5 Å². The third-order valence-electron chi connectivity index (χ3n) is 2.18. The van der Waals surface area contributed by atoms with Crippen LogP contribution in [0.2, 0.25) is 5.15 Å². The Bertz CT molecular complexity index is 386. The molecular weight excluding hydrogens is 231 g/mol. The van der Waals surface area contributed by atoms with Gasteiger partial charge in [-0.3, -0.25) is 0 Å². The van der Waals surface area contributed by atoms with Crippen LogP contribution < -0.4 is 4.74 Å². The van der Waals surface area contributed by atoms with Crippen LogP contribution in [0.1, 0.15) is 6.42 Å². The number of alkyl halides is 2. The van der Waals surface area contributed by atoms with E-state index in [4.69, 9.17) is 16.3 Å². The van der Waals surface area contributed by atoms with E-state index in [1.807, 2.05) is 0 Å². The monoisotopic (exact) mass is 237 g/mol. The average molecular weight is 238 g/mol. The molecule has 2 nitrogen and oxygen atoms in total. The summed E-state index contributed by atoms with van der Waals surface area (Å²) in [5.41, 5.74) is 0. The first-order valence-electron chi connectivity index (χ1n) is 4.31. The molecule has 0 radical (unpaired) electrons. The summed E-state index contributed by atoms with van der Waals surface area (Å²) >= 11 is 5.34. The smallest absolute Gasteiger partial charge is 0.255 e. The van der Waals surface area contributed by atoms with Crippen molar-refractivity contribution >= 4 is 11.6 Å². The standard InChI is InChI=1S/C9H7ClF3NO/c10-8-7(11)1-6(3-14-8)15-4-5-2-9(5,12)13/h1,3,5H,2,4H2/t5-/m0/s1. The van der Waals surface area contributed by atoms with Crippen LogP contribution in [0.3, 0.4) is 0 Å². The van der Waals surface area contributed by atoms with E-state index < -0.39 is 17.7 Å². The van der Waals surface area contributed by atoms with Crippen LogP contribution in [0.4, 0.5) is 13.2 Å². The summed E-state index contributed by atoms with van der Waals surface area (Å²) in [6, 6.07) is 1.02. The Morgan fingerprint density at radius 2 is 2.27 bits per heavy atom. The van der Waals surface area contributed by atoms with E-state index >= 15 is 0 Å². The second kappa shape index (κ2) is 3.56. The van der Waals surface area contributed by atoms with E-state index in [0.717, 1.165) is 6.07 Å². The SMILES string of the molecule is Fc1cc(OC[C@@H]2CC2(F)F)cnc1Cl. The van der Waals surface area contributed by atoms with Gasteiger partial charge in [-0.15, -0.1) is 0 Å². The van der Waals surface area contributed by atoms with E-state index in [0.29, 0.717) is 0 Å². The Morgan fingerprint density at radius 3 is 2.80 bits per heavy atom. The van der Waals surface area contributed by atoms with Gasteiger partial charge in [0.2, 0.25) is 0 Å². The first kappa shape index (κ1) is 10.5. The molecule has 1 saturated carbocycles. The molecular formula is C9H7ClF3NO. The van der Waals surface area contributed by atoms with Crippen LogP contribution in [0.25, 0.3) is 0 Å². The summed E-state index contributed by atoms with van der Waals surface area (Å²) in [4.78, 5) is 3.49. The average Bonchev–Trinajstić information content (AvgIpc) is 2.77. The minimum atomic E-state index is -2.63. The van der Waals surface area contributed by atoms with Gasteiger partial charge in [-0.1, -0.05) is 11.6 Å². The number of rotatable bonds is 3. The lowest BCUT2D eigenvalue weighted by molar-refractivity contribution is 0.0855. The lowest BCUT2D eigenvalue weighted by atomic mass is 10.4. The van der Waals surface area contributed by atoms with Gasteiger partial charge in [0.25, 0.3) is 5.92 Å². The first-order chi connectivity index (χ1) is 6.99. The van der Waals surface area contributed by atoms with E-state index in [1.165, 1.54) is 6.20 Å². The van der Waals surface area contributed by atoms with Crippen molar-refractivity contribution in [2.75, 3.05) is 6.61 Å². The van der Waals surface area contributed by atoms with Crippen LogP contribution >= 0.6 is 11.6 Å². The third-order valence-corrected chi connectivity index (χ3v) is 2.46. The molecule has 1 aromatic heterocycles. The molecule has 1 heterocycles. The first-order valence-corrected chi connectivity index (χ1v) is 4.68. The van der Waals surface area contributed by atoms with Crippen LogP contribution in [-0.2, 0) is 0 Å². The zero-order valence-electron chi connectivity index (χ0n) is 7.51. The summed E-state index contributed by atoms with van der Waals surface area (Å²) in [5.74, 6) is -4.01. The molecule has 0 N–H and O–H groups in total. The highest BCUT2D eigenvalue weighted by atomic mass is 35.5. The highest BCUT2D eigenvalue weighted by Crippen LogP contribution is 2.48.